The average Bonchev–Trinajstić information content (AvgIpc) is 3.60. The number of allylic oxidation sites excluding steroid dienone is 8. The number of nitrogens with zero attached hydrogens (tertiary/aromatic N) is 9. The Labute approximate surface area is 260 Å². The number of halogens is 5. The molecule has 0 bridgehead atoms. The monoisotopic (exact) mass is 621 g/mol. The Balaban J connectivity index is 2.06. The van der Waals surface area contributed by atoms with Crippen LogP contribution in [0.15, 0.2) is 35.5 Å². The number of nitriles is 8. The molecular formula is C33H4F5N9. The fourth-order valence-corrected chi connectivity index (χ4v) is 5.43. The van der Waals surface area contributed by atoms with Crippen LogP contribution < -0.4 is 0 Å². The van der Waals surface area contributed by atoms with Gasteiger partial charge in [0.25, 0.3) is 0 Å². The van der Waals surface area contributed by atoms with Gasteiger partial charge in [0.2, 0.25) is 0 Å². The van der Waals surface area contributed by atoms with E-state index in [9.17, 15) is 41.2 Å². The van der Waals surface area contributed by atoms with E-state index in [1.165, 1.54) is 36.4 Å². The highest BCUT2D eigenvalue weighted by atomic mass is 19.1. The molecule has 0 unspecified atom stereocenters. The lowest BCUT2D eigenvalue weighted by atomic mass is 9.88. The predicted octanol–water partition coefficient (Wildman–Crippen LogP) is 6.02. The first kappa shape index (κ1) is 30.6. The van der Waals surface area contributed by atoms with Crippen molar-refractivity contribution >= 4 is 33.4 Å². The normalized spacial score (nSPS) is 12.4. The highest BCUT2D eigenvalue weighted by Gasteiger charge is 2.45. The maximum Gasteiger partial charge on any atom is 0.149 e. The van der Waals surface area contributed by atoms with E-state index in [0.717, 1.165) is 6.07 Å². The highest BCUT2D eigenvalue weighted by Crippen LogP contribution is 2.57. The molecule has 0 N–H and O–H groups in total. The molecule has 0 amide bonds. The Hall–Kier alpha value is -7.88. The molecule has 2 aliphatic rings. The van der Waals surface area contributed by atoms with Crippen LogP contribution in [0.25, 0.3) is 33.4 Å². The van der Waals surface area contributed by atoms with Crippen LogP contribution in [0.4, 0.5) is 22.0 Å². The van der Waals surface area contributed by atoms with Crippen molar-refractivity contribution in [2.24, 2.45) is 0 Å². The molecule has 14 heteroatoms. The molecular weight excluding hydrogens is 617 g/mol. The van der Waals surface area contributed by atoms with Gasteiger partial charge in [-0.05, 0) is 18.2 Å². The summed E-state index contributed by atoms with van der Waals surface area (Å²) in [5.41, 5.74) is -13.6. The van der Waals surface area contributed by atoms with E-state index in [0.29, 0.717) is 18.3 Å². The average molecular weight is 621 g/mol. The van der Waals surface area contributed by atoms with E-state index in [4.69, 9.17) is 5.26 Å². The number of rotatable bonds is 2. The zero-order chi connectivity index (χ0) is 34.3. The van der Waals surface area contributed by atoms with Gasteiger partial charge in [0.05, 0.1) is 22.9 Å². The molecule has 0 saturated heterocycles. The van der Waals surface area contributed by atoms with E-state index in [-0.39, 0.29) is 0 Å². The molecule has 0 aliphatic heterocycles. The van der Waals surface area contributed by atoms with Gasteiger partial charge < -0.3 is 0 Å². The van der Waals surface area contributed by atoms with E-state index in [1.807, 2.05) is 0 Å². The zero-order valence-corrected chi connectivity index (χ0v) is 22.7. The van der Waals surface area contributed by atoms with Gasteiger partial charge >= 0.3 is 0 Å². The lowest BCUT2D eigenvalue weighted by Gasteiger charge is -2.14. The molecule has 9 nitrogen and oxygen atoms in total. The minimum atomic E-state index is -1.61. The van der Waals surface area contributed by atoms with Crippen molar-refractivity contribution in [3.8, 4) is 48.6 Å². The van der Waals surface area contributed by atoms with Gasteiger partial charge in [0.1, 0.15) is 94.5 Å². The lowest BCUT2D eigenvalue weighted by molar-refractivity contribution is 0.590. The van der Waals surface area contributed by atoms with Crippen molar-refractivity contribution in [2.45, 2.75) is 0 Å². The zero-order valence-electron chi connectivity index (χ0n) is 22.7. The Morgan fingerprint density at radius 3 is 1.38 bits per heavy atom. The lowest BCUT2D eigenvalue weighted by Crippen LogP contribution is -2.05. The van der Waals surface area contributed by atoms with Crippen LogP contribution >= 0.6 is 0 Å². The number of aromatic nitrogens is 1. The molecule has 5 rings (SSSR count). The Kier molecular flexibility index (Phi) is 7.36. The van der Waals surface area contributed by atoms with Crippen LogP contribution in [0.3, 0.4) is 0 Å². The predicted molar refractivity (Wildman–Crippen MR) is 147 cm³/mol. The van der Waals surface area contributed by atoms with Crippen LogP contribution in [-0.2, 0) is 0 Å². The van der Waals surface area contributed by atoms with Gasteiger partial charge in [-0.1, -0.05) is 0 Å². The summed E-state index contributed by atoms with van der Waals surface area (Å²) in [4.78, 5) is 3.53. The molecule has 0 saturated carbocycles. The second kappa shape index (κ2) is 11.3. The van der Waals surface area contributed by atoms with Crippen molar-refractivity contribution in [2.75, 3.05) is 0 Å². The molecule has 3 aromatic rings. The van der Waals surface area contributed by atoms with Gasteiger partial charge in [-0.2, -0.15) is 42.1 Å². The van der Waals surface area contributed by atoms with Gasteiger partial charge in [-0.25, -0.2) is 26.9 Å². The SMILES string of the molecule is N#CC(C#N)=C1C(c2cc(C#N)ncc2F)=C(C#N)c2c(F)c3c(c(F)c21)C(C#N)=C(c1cc(F)c(C#N)cc1F)C3=C(C#N)C#N. The summed E-state index contributed by atoms with van der Waals surface area (Å²) in [6, 6.07) is 13.6. The summed E-state index contributed by atoms with van der Waals surface area (Å²) in [6.45, 7) is 0. The van der Waals surface area contributed by atoms with Crippen LogP contribution in [0.5, 0.6) is 0 Å². The minimum absolute atomic E-state index is 0.422. The van der Waals surface area contributed by atoms with Crippen molar-refractivity contribution < 1.29 is 22.0 Å². The third-order valence-electron chi connectivity index (χ3n) is 7.23. The van der Waals surface area contributed by atoms with Gasteiger partial charge in [-0.15, -0.1) is 0 Å². The molecule has 1 heterocycles. The molecule has 1 aromatic heterocycles. The third kappa shape index (κ3) is 4.18. The van der Waals surface area contributed by atoms with Crippen molar-refractivity contribution in [1.29, 1.82) is 42.1 Å². The molecule has 216 valence electrons. The second-order valence-electron chi connectivity index (χ2n) is 9.38. The molecule has 2 aromatic carbocycles. The summed E-state index contributed by atoms with van der Waals surface area (Å²) >= 11 is 0. The Morgan fingerprint density at radius 2 is 0.979 bits per heavy atom. The topological polar surface area (TPSA) is 203 Å². The fraction of sp³-hybridized carbons (Fsp3) is 0. The highest BCUT2D eigenvalue weighted by molar-refractivity contribution is 6.30. The first-order valence-corrected chi connectivity index (χ1v) is 12.5. The molecule has 2 aliphatic carbocycles. The van der Waals surface area contributed by atoms with Crippen molar-refractivity contribution in [3.63, 3.8) is 0 Å². The minimum Gasteiger partial charge on any atom is -0.242 e. The number of hydrogen-bond donors (Lipinski definition) is 0. The summed E-state index contributed by atoms with van der Waals surface area (Å²) in [5, 5.41) is 77.9. The van der Waals surface area contributed by atoms with E-state index in [2.05, 4.69) is 4.98 Å². The van der Waals surface area contributed by atoms with Gasteiger partial charge in [-0.3, -0.25) is 0 Å². The number of benzene rings is 2. The summed E-state index contributed by atoms with van der Waals surface area (Å²) in [5.74, 6) is -7.15. The number of hydrogen-bond acceptors (Lipinski definition) is 9. The van der Waals surface area contributed by atoms with Crippen LogP contribution in [0.1, 0.15) is 44.6 Å². The first-order chi connectivity index (χ1) is 22.6. The number of fused-ring (bicyclic) bond motifs is 2. The van der Waals surface area contributed by atoms with E-state index in [1.54, 1.807) is 12.1 Å². The third-order valence-corrected chi connectivity index (χ3v) is 7.23. The van der Waals surface area contributed by atoms with Crippen LogP contribution in [0, 0.1) is 120 Å². The standard InChI is InChI=1S/C33H4F5N9/c34-21-3-18(22(35)1-13(21)4-39)27-20(11-46)29-31(25(27)15(7-42)8-43)32(37)28-19(10-45)26(17-2-16(9-44)47-12-23(17)36)24(14(5-40)6-41)30(28)33(29)38/h1-3,12H. The van der Waals surface area contributed by atoms with E-state index >= 15 is 17.6 Å². The molecule has 0 spiro atoms. The Morgan fingerprint density at radius 1 is 0.511 bits per heavy atom. The maximum atomic E-state index is 17.0. The summed E-state index contributed by atoms with van der Waals surface area (Å²) < 4.78 is 79.2. The van der Waals surface area contributed by atoms with E-state index < -0.39 is 118 Å². The largest absolute Gasteiger partial charge is 0.242 e. The van der Waals surface area contributed by atoms with Crippen molar-refractivity contribution in [1.82, 2.24) is 4.98 Å². The van der Waals surface area contributed by atoms with Crippen molar-refractivity contribution in [3.05, 3.63) is 109 Å². The quantitative estimate of drug-likeness (QED) is 0.242. The fourth-order valence-electron chi connectivity index (χ4n) is 5.43. The molecule has 47 heavy (non-hydrogen) atoms. The smallest absolute Gasteiger partial charge is 0.149 e. The van der Waals surface area contributed by atoms with Crippen LogP contribution in [-0.4, -0.2) is 4.98 Å². The van der Waals surface area contributed by atoms with Gasteiger partial charge in [0, 0.05) is 55.7 Å². The number of pyridine rings is 1. The summed E-state index contributed by atoms with van der Waals surface area (Å²) in [6.07, 6.45) is 0.558. The molecule has 0 fully saturated rings. The summed E-state index contributed by atoms with van der Waals surface area (Å²) in [7, 11) is 0. The molecule has 0 atom stereocenters. The first-order valence-electron chi connectivity index (χ1n) is 12.5. The maximum absolute atomic E-state index is 17.0. The second-order valence-corrected chi connectivity index (χ2v) is 9.38. The van der Waals surface area contributed by atoms with Crippen LogP contribution in [0.2, 0.25) is 0 Å². The molecule has 0 radical (unpaired) electrons. The Bertz CT molecular complexity index is 2520. The van der Waals surface area contributed by atoms with Gasteiger partial charge in [0.15, 0.2) is 0 Å².